The number of allylic oxidation sites excluding steroid dienone is 3. The van der Waals surface area contributed by atoms with Gasteiger partial charge in [0, 0.05) is 13.2 Å². The van der Waals surface area contributed by atoms with Gasteiger partial charge >= 0.3 is 0 Å². The van der Waals surface area contributed by atoms with Crippen molar-refractivity contribution in [3.8, 4) is 0 Å². The van der Waals surface area contributed by atoms with Crippen molar-refractivity contribution in [1.29, 1.82) is 0 Å². The fourth-order valence-electron chi connectivity index (χ4n) is 1.73. The van der Waals surface area contributed by atoms with Crippen molar-refractivity contribution in [2.75, 3.05) is 7.05 Å². The maximum Gasteiger partial charge on any atom is 0.0222 e. The molecule has 2 nitrogen and oxygen atoms in total. The van der Waals surface area contributed by atoms with Crippen LogP contribution >= 0.6 is 0 Å². The van der Waals surface area contributed by atoms with Gasteiger partial charge in [-0.3, -0.25) is 0 Å². The topological polar surface area (TPSA) is 29.3 Å². The molecule has 0 heterocycles. The zero-order chi connectivity index (χ0) is 9.73. The molecule has 1 unspecified atom stereocenters. The largest absolute Gasteiger partial charge is 0.322 e. The molecule has 0 aromatic rings. The van der Waals surface area contributed by atoms with Crippen LogP contribution in [0.4, 0.5) is 0 Å². The number of hydrogen-bond acceptors (Lipinski definition) is 2. The summed E-state index contributed by atoms with van der Waals surface area (Å²) in [5.74, 6) is 5.48. The Morgan fingerprint density at radius 1 is 1.62 bits per heavy atom. The molecule has 0 saturated carbocycles. The number of hydrogen-bond donors (Lipinski definition) is 1. The van der Waals surface area contributed by atoms with Crippen LogP contribution in [0.3, 0.4) is 0 Å². The van der Waals surface area contributed by atoms with Crippen LogP contribution in [0.2, 0.25) is 0 Å². The Labute approximate surface area is 81.1 Å². The van der Waals surface area contributed by atoms with E-state index in [0.29, 0.717) is 5.41 Å². The van der Waals surface area contributed by atoms with Crippen molar-refractivity contribution in [3.63, 3.8) is 0 Å². The van der Waals surface area contributed by atoms with Crippen molar-refractivity contribution < 1.29 is 0 Å². The van der Waals surface area contributed by atoms with Gasteiger partial charge in [-0.2, -0.15) is 0 Å². The molecule has 0 bridgehead atoms. The summed E-state index contributed by atoms with van der Waals surface area (Å²) >= 11 is 0. The molecule has 0 fully saturated rings. The molecule has 13 heavy (non-hydrogen) atoms. The molecule has 0 aliphatic heterocycles. The molecular weight excluding hydrogens is 160 g/mol. The summed E-state index contributed by atoms with van der Waals surface area (Å²) in [7, 11) is 1.84. The van der Waals surface area contributed by atoms with E-state index < -0.39 is 0 Å². The number of nitrogens with zero attached hydrogens (tertiary/aromatic N) is 1. The summed E-state index contributed by atoms with van der Waals surface area (Å²) in [6.45, 7) is 2.31. The highest BCUT2D eigenvalue weighted by atomic mass is 15.4. The van der Waals surface area contributed by atoms with Gasteiger partial charge in [0.1, 0.15) is 0 Å². The molecule has 0 radical (unpaired) electrons. The highest BCUT2D eigenvalue weighted by Crippen LogP contribution is 2.33. The predicted molar refractivity (Wildman–Crippen MR) is 56.8 cm³/mol. The maximum absolute atomic E-state index is 5.48. The van der Waals surface area contributed by atoms with Crippen LogP contribution in [0.15, 0.2) is 24.4 Å². The van der Waals surface area contributed by atoms with Crippen molar-refractivity contribution in [1.82, 2.24) is 5.01 Å². The van der Waals surface area contributed by atoms with Crippen LogP contribution in [-0.2, 0) is 0 Å². The Morgan fingerprint density at radius 3 is 2.92 bits per heavy atom. The van der Waals surface area contributed by atoms with E-state index in [-0.39, 0.29) is 0 Å². The van der Waals surface area contributed by atoms with Crippen LogP contribution in [0.1, 0.15) is 32.6 Å². The van der Waals surface area contributed by atoms with Gasteiger partial charge in [0.25, 0.3) is 0 Å². The van der Waals surface area contributed by atoms with Crippen molar-refractivity contribution in [3.05, 3.63) is 24.4 Å². The van der Waals surface area contributed by atoms with E-state index in [1.807, 2.05) is 13.2 Å². The molecule has 0 aromatic heterocycles. The first-order chi connectivity index (χ1) is 6.12. The maximum atomic E-state index is 5.48. The zero-order valence-corrected chi connectivity index (χ0v) is 8.66. The standard InChI is InChI=1S/C11H20N2/c1-11(7-4-3-5-8-11)9-6-10-13(2)12/h4,6-7,10H,3,5,8-9,12H2,1-2H3/b10-6-. The van der Waals surface area contributed by atoms with E-state index in [0.717, 1.165) is 6.42 Å². The molecule has 2 heteroatoms. The fourth-order valence-corrected chi connectivity index (χ4v) is 1.73. The summed E-state index contributed by atoms with van der Waals surface area (Å²) in [5, 5.41) is 1.59. The molecule has 0 amide bonds. The highest BCUT2D eigenvalue weighted by molar-refractivity contribution is 5.04. The average molecular weight is 180 g/mol. The van der Waals surface area contributed by atoms with Gasteiger partial charge in [-0.15, -0.1) is 0 Å². The Hall–Kier alpha value is -0.760. The van der Waals surface area contributed by atoms with Crippen LogP contribution in [0.25, 0.3) is 0 Å². The summed E-state index contributed by atoms with van der Waals surface area (Å²) in [6.07, 6.45) is 13.7. The third kappa shape index (κ3) is 3.64. The van der Waals surface area contributed by atoms with E-state index in [1.54, 1.807) is 5.01 Å². The second kappa shape index (κ2) is 4.47. The summed E-state index contributed by atoms with van der Waals surface area (Å²) < 4.78 is 0. The van der Waals surface area contributed by atoms with E-state index in [4.69, 9.17) is 5.84 Å². The van der Waals surface area contributed by atoms with Gasteiger partial charge in [-0.1, -0.05) is 25.2 Å². The summed E-state index contributed by atoms with van der Waals surface area (Å²) in [4.78, 5) is 0. The second-order valence-corrected chi connectivity index (χ2v) is 4.20. The van der Waals surface area contributed by atoms with Crippen molar-refractivity contribution in [2.45, 2.75) is 32.6 Å². The number of nitrogens with two attached hydrogens (primary N) is 1. The minimum Gasteiger partial charge on any atom is -0.322 e. The number of hydrazine groups is 1. The van der Waals surface area contributed by atoms with E-state index >= 15 is 0 Å². The van der Waals surface area contributed by atoms with Crippen molar-refractivity contribution >= 4 is 0 Å². The Morgan fingerprint density at radius 2 is 2.38 bits per heavy atom. The molecule has 1 rings (SSSR count). The third-order valence-corrected chi connectivity index (χ3v) is 2.56. The monoisotopic (exact) mass is 180 g/mol. The minimum absolute atomic E-state index is 0.366. The number of rotatable bonds is 3. The van der Waals surface area contributed by atoms with Crippen LogP contribution in [-0.4, -0.2) is 12.1 Å². The first-order valence-corrected chi connectivity index (χ1v) is 4.94. The fraction of sp³-hybridized carbons (Fsp3) is 0.636. The lowest BCUT2D eigenvalue weighted by molar-refractivity contribution is 0.366. The lowest BCUT2D eigenvalue weighted by Gasteiger charge is -2.27. The van der Waals surface area contributed by atoms with Gasteiger partial charge in [0.2, 0.25) is 0 Å². The zero-order valence-electron chi connectivity index (χ0n) is 8.66. The predicted octanol–water partition coefficient (Wildman–Crippen LogP) is 2.44. The van der Waals surface area contributed by atoms with Gasteiger partial charge in [0.05, 0.1) is 0 Å². The van der Waals surface area contributed by atoms with Gasteiger partial charge in [0.15, 0.2) is 0 Å². The van der Waals surface area contributed by atoms with Crippen LogP contribution in [0, 0.1) is 5.41 Å². The van der Waals surface area contributed by atoms with Crippen molar-refractivity contribution in [2.24, 2.45) is 11.3 Å². The lowest BCUT2D eigenvalue weighted by Crippen LogP contribution is -2.19. The molecule has 0 spiro atoms. The second-order valence-electron chi connectivity index (χ2n) is 4.20. The molecule has 1 atom stereocenters. The Kier molecular flexibility index (Phi) is 3.55. The normalized spacial score (nSPS) is 28.2. The third-order valence-electron chi connectivity index (χ3n) is 2.56. The molecule has 0 saturated heterocycles. The molecule has 0 aromatic carbocycles. The lowest BCUT2D eigenvalue weighted by atomic mass is 9.78. The van der Waals surface area contributed by atoms with Crippen LogP contribution in [0.5, 0.6) is 0 Å². The first kappa shape index (κ1) is 10.3. The molecule has 1 aliphatic carbocycles. The quantitative estimate of drug-likeness (QED) is 0.410. The van der Waals surface area contributed by atoms with E-state index in [2.05, 4.69) is 25.2 Å². The Balaban J connectivity index is 2.42. The highest BCUT2D eigenvalue weighted by Gasteiger charge is 2.20. The summed E-state index contributed by atoms with van der Waals surface area (Å²) in [5.41, 5.74) is 0.366. The first-order valence-electron chi connectivity index (χ1n) is 4.94. The van der Waals surface area contributed by atoms with E-state index in [9.17, 15) is 0 Å². The molecule has 1 aliphatic rings. The summed E-state index contributed by atoms with van der Waals surface area (Å²) in [6, 6.07) is 0. The van der Waals surface area contributed by atoms with Gasteiger partial charge < -0.3 is 5.01 Å². The van der Waals surface area contributed by atoms with Crippen LogP contribution < -0.4 is 5.84 Å². The SMILES string of the molecule is CN(N)/C=C\CC1(C)C=CCCC1. The molecule has 2 N–H and O–H groups in total. The van der Waals surface area contributed by atoms with E-state index in [1.165, 1.54) is 19.3 Å². The smallest absolute Gasteiger partial charge is 0.0222 e. The average Bonchev–Trinajstić information content (AvgIpc) is 2.04. The molecule has 74 valence electrons. The molecular formula is C11H20N2. The van der Waals surface area contributed by atoms with Gasteiger partial charge in [-0.05, 0) is 31.1 Å². The minimum atomic E-state index is 0.366. The van der Waals surface area contributed by atoms with Gasteiger partial charge in [-0.25, -0.2) is 5.84 Å². The Bertz CT molecular complexity index is 206.